The number of hydrogen-bond acceptors (Lipinski definition) is 4. The first-order chi connectivity index (χ1) is 8.20. The number of nitrogens with one attached hydrogen (secondary N) is 2. The zero-order valence-electron chi connectivity index (χ0n) is 9.38. The summed E-state index contributed by atoms with van der Waals surface area (Å²) >= 11 is 6.03. The van der Waals surface area contributed by atoms with Gasteiger partial charge in [-0.25, -0.2) is 0 Å². The van der Waals surface area contributed by atoms with Gasteiger partial charge < -0.3 is 20.1 Å². The molecule has 0 atom stereocenters. The Kier molecular flexibility index (Phi) is 3.71. The first kappa shape index (κ1) is 12.0. The molecular weight excluding hydrogens is 244 g/mol. The summed E-state index contributed by atoms with van der Waals surface area (Å²) in [7, 11) is 1.60. The molecule has 0 aromatic heterocycles. The van der Waals surface area contributed by atoms with Crippen LogP contribution in [0, 0.1) is 0 Å². The summed E-state index contributed by atoms with van der Waals surface area (Å²) in [4.78, 5) is 11.0. The second-order valence-electron chi connectivity index (χ2n) is 3.59. The minimum atomic E-state index is -0.0585. The molecule has 0 saturated heterocycles. The summed E-state index contributed by atoms with van der Waals surface area (Å²) in [5, 5.41) is 6.06. The van der Waals surface area contributed by atoms with Crippen molar-refractivity contribution in [2.24, 2.45) is 0 Å². The quantitative estimate of drug-likeness (QED) is 0.841. The number of carbonyl (C=O) groups excluding carboxylic acids is 1. The van der Waals surface area contributed by atoms with Gasteiger partial charge in [-0.15, -0.1) is 0 Å². The maximum atomic E-state index is 11.0. The molecule has 1 heterocycles. The highest BCUT2D eigenvalue weighted by Crippen LogP contribution is 2.39. The summed E-state index contributed by atoms with van der Waals surface area (Å²) in [5.74, 6) is 1.17. The fraction of sp³-hybridized carbons (Fsp3) is 0.364. The van der Waals surface area contributed by atoms with Crippen molar-refractivity contribution in [2.45, 2.75) is 6.54 Å². The normalized spacial score (nSPS) is 12.6. The van der Waals surface area contributed by atoms with Crippen molar-refractivity contribution < 1.29 is 14.3 Å². The largest absolute Gasteiger partial charge is 0.454 e. The molecule has 17 heavy (non-hydrogen) atoms. The zero-order valence-corrected chi connectivity index (χ0v) is 10.1. The van der Waals surface area contributed by atoms with Crippen molar-refractivity contribution in [1.82, 2.24) is 10.6 Å². The maximum Gasteiger partial charge on any atom is 0.233 e. The lowest BCUT2D eigenvalue weighted by molar-refractivity contribution is -0.119. The number of likely N-dealkylation sites (N-methyl/N-ethyl adjacent to an activating group) is 1. The minimum absolute atomic E-state index is 0.0585. The lowest BCUT2D eigenvalue weighted by atomic mass is 10.2. The van der Waals surface area contributed by atoms with Crippen molar-refractivity contribution in [2.75, 3.05) is 20.4 Å². The van der Waals surface area contributed by atoms with Gasteiger partial charge in [0.25, 0.3) is 0 Å². The van der Waals surface area contributed by atoms with E-state index in [1.807, 2.05) is 6.07 Å². The van der Waals surface area contributed by atoms with Crippen LogP contribution in [-0.4, -0.2) is 26.3 Å². The van der Waals surface area contributed by atoms with Crippen LogP contribution in [0.5, 0.6) is 11.5 Å². The second-order valence-corrected chi connectivity index (χ2v) is 4.00. The zero-order chi connectivity index (χ0) is 12.3. The molecule has 0 spiro atoms. The van der Waals surface area contributed by atoms with Gasteiger partial charge in [0, 0.05) is 13.6 Å². The van der Waals surface area contributed by atoms with E-state index in [1.54, 1.807) is 13.1 Å². The van der Waals surface area contributed by atoms with Crippen LogP contribution < -0.4 is 20.1 Å². The van der Waals surface area contributed by atoms with E-state index >= 15 is 0 Å². The molecule has 1 aliphatic rings. The fourth-order valence-electron chi connectivity index (χ4n) is 1.53. The van der Waals surface area contributed by atoms with Crippen LogP contribution in [-0.2, 0) is 11.3 Å². The van der Waals surface area contributed by atoms with Gasteiger partial charge in [0.1, 0.15) is 0 Å². The van der Waals surface area contributed by atoms with Crippen molar-refractivity contribution in [3.8, 4) is 11.5 Å². The van der Waals surface area contributed by atoms with Gasteiger partial charge in [0.15, 0.2) is 11.5 Å². The Labute approximate surface area is 104 Å². The number of carbonyl (C=O) groups is 1. The molecule has 0 unspecified atom stereocenters. The highest BCUT2D eigenvalue weighted by molar-refractivity contribution is 6.32. The third-order valence-electron chi connectivity index (χ3n) is 2.38. The Bertz CT molecular complexity index is 437. The van der Waals surface area contributed by atoms with E-state index < -0.39 is 0 Å². The summed E-state index contributed by atoms with van der Waals surface area (Å²) in [6.45, 7) is 1.01. The van der Waals surface area contributed by atoms with Crippen LogP contribution in [0.2, 0.25) is 5.02 Å². The smallest absolute Gasteiger partial charge is 0.233 e. The van der Waals surface area contributed by atoms with Crippen molar-refractivity contribution in [1.29, 1.82) is 0 Å². The number of amides is 1. The van der Waals surface area contributed by atoms with E-state index in [0.29, 0.717) is 23.1 Å². The van der Waals surface area contributed by atoms with E-state index in [2.05, 4.69) is 10.6 Å². The van der Waals surface area contributed by atoms with E-state index in [1.165, 1.54) is 0 Å². The lowest BCUT2D eigenvalue weighted by Crippen LogP contribution is -2.30. The molecule has 1 aromatic rings. The van der Waals surface area contributed by atoms with Crippen LogP contribution in [0.25, 0.3) is 0 Å². The molecule has 0 saturated carbocycles. The molecule has 1 aromatic carbocycles. The Balaban J connectivity index is 1.98. The molecule has 1 aliphatic heterocycles. The molecule has 92 valence electrons. The number of rotatable bonds is 4. The standard InChI is InChI=1S/C11H13ClN2O3/c1-13-10(15)5-14-4-7-2-8(12)11-9(3-7)16-6-17-11/h2-3,14H,4-6H2,1H3,(H,13,15). The highest BCUT2D eigenvalue weighted by atomic mass is 35.5. The molecule has 0 radical (unpaired) electrons. The number of ether oxygens (including phenoxy) is 2. The van der Waals surface area contributed by atoms with Gasteiger partial charge in [0.05, 0.1) is 11.6 Å². The maximum absolute atomic E-state index is 11.0. The molecule has 2 N–H and O–H groups in total. The van der Waals surface area contributed by atoms with E-state index in [4.69, 9.17) is 21.1 Å². The number of hydrogen-bond donors (Lipinski definition) is 2. The van der Waals surface area contributed by atoms with Gasteiger partial charge in [-0.3, -0.25) is 4.79 Å². The molecule has 0 fully saturated rings. The minimum Gasteiger partial charge on any atom is -0.454 e. The predicted octanol–water partition coefficient (Wildman–Crippen LogP) is 0.904. The summed E-state index contributed by atoms with van der Waals surface area (Å²) < 4.78 is 10.5. The van der Waals surface area contributed by atoms with Gasteiger partial charge in [0.2, 0.25) is 12.7 Å². The average molecular weight is 257 g/mol. The average Bonchev–Trinajstić information content (AvgIpc) is 2.77. The first-order valence-corrected chi connectivity index (χ1v) is 5.58. The molecule has 2 rings (SSSR count). The summed E-state index contributed by atoms with van der Waals surface area (Å²) in [5.41, 5.74) is 0.947. The molecule has 0 aliphatic carbocycles. The van der Waals surface area contributed by atoms with Gasteiger partial charge in [-0.05, 0) is 17.7 Å². The van der Waals surface area contributed by atoms with Crippen molar-refractivity contribution in [3.63, 3.8) is 0 Å². The third kappa shape index (κ3) is 2.81. The van der Waals surface area contributed by atoms with Crippen LogP contribution >= 0.6 is 11.6 Å². The van der Waals surface area contributed by atoms with Crippen LogP contribution in [0.15, 0.2) is 12.1 Å². The Morgan fingerprint density at radius 2 is 2.29 bits per heavy atom. The molecule has 1 amide bonds. The van der Waals surface area contributed by atoms with E-state index in [9.17, 15) is 4.79 Å². The van der Waals surface area contributed by atoms with Gasteiger partial charge in [-0.1, -0.05) is 11.6 Å². The predicted molar refractivity (Wildman–Crippen MR) is 63.3 cm³/mol. The van der Waals surface area contributed by atoms with Gasteiger partial charge in [-0.2, -0.15) is 0 Å². The third-order valence-corrected chi connectivity index (χ3v) is 2.66. The monoisotopic (exact) mass is 256 g/mol. The number of halogens is 1. The second kappa shape index (κ2) is 5.25. The Hall–Kier alpha value is -1.46. The van der Waals surface area contributed by atoms with E-state index in [0.717, 1.165) is 5.56 Å². The fourth-order valence-corrected chi connectivity index (χ4v) is 1.82. The Morgan fingerprint density at radius 3 is 3.06 bits per heavy atom. The molecular formula is C11H13ClN2O3. The highest BCUT2D eigenvalue weighted by Gasteiger charge is 2.18. The molecule has 6 heteroatoms. The summed E-state index contributed by atoms with van der Waals surface area (Å²) in [6, 6.07) is 3.65. The Morgan fingerprint density at radius 1 is 1.47 bits per heavy atom. The van der Waals surface area contributed by atoms with Crippen molar-refractivity contribution in [3.05, 3.63) is 22.7 Å². The number of benzene rings is 1. The molecule has 0 bridgehead atoms. The van der Waals surface area contributed by atoms with Crippen LogP contribution in [0.4, 0.5) is 0 Å². The van der Waals surface area contributed by atoms with Crippen LogP contribution in [0.3, 0.4) is 0 Å². The van der Waals surface area contributed by atoms with Gasteiger partial charge >= 0.3 is 0 Å². The molecule has 5 nitrogen and oxygen atoms in total. The van der Waals surface area contributed by atoms with Crippen LogP contribution in [0.1, 0.15) is 5.56 Å². The van der Waals surface area contributed by atoms with Crippen molar-refractivity contribution >= 4 is 17.5 Å². The van der Waals surface area contributed by atoms with E-state index in [-0.39, 0.29) is 19.2 Å². The first-order valence-electron chi connectivity index (χ1n) is 5.20. The number of fused-ring (bicyclic) bond motifs is 1. The summed E-state index contributed by atoms with van der Waals surface area (Å²) in [6.07, 6.45) is 0. The topological polar surface area (TPSA) is 59.6 Å². The lowest BCUT2D eigenvalue weighted by Gasteiger charge is -2.06. The SMILES string of the molecule is CNC(=O)CNCc1cc(Cl)c2c(c1)OCO2.